The van der Waals surface area contributed by atoms with E-state index >= 15 is 0 Å². The minimum atomic E-state index is -0.0288. The van der Waals surface area contributed by atoms with Crippen LogP contribution in [0.4, 0.5) is 0 Å². The van der Waals surface area contributed by atoms with Crippen molar-refractivity contribution in [3.8, 4) is 17.2 Å². The second-order valence-electron chi connectivity index (χ2n) is 6.87. The molecule has 0 saturated carbocycles. The highest BCUT2D eigenvalue weighted by Crippen LogP contribution is 2.39. The van der Waals surface area contributed by atoms with Gasteiger partial charge in [-0.2, -0.15) is 0 Å². The summed E-state index contributed by atoms with van der Waals surface area (Å²) < 4.78 is 21.8. The molecule has 0 aliphatic carbocycles. The van der Waals surface area contributed by atoms with Crippen LogP contribution >= 0.6 is 0 Å². The Morgan fingerprint density at radius 3 is 2.54 bits per heavy atom. The van der Waals surface area contributed by atoms with Gasteiger partial charge in [0.2, 0.25) is 5.75 Å². The van der Waals surface area contributed by atoms with Gasteiger partial charge in [-0.25, -0.2) is 0 Å². The predicted molar refractivity (Wildman–Crippen MR) is 109 cm³/mol. The fraction of sp³-hybridized carbons (Fsp3) is 0.650. The fourth-order valence-electron chi connectivity index (χ4n) is 3.48. The minimum absolute atomic E-state index is 0.0288. The van der Waals surface area contributed by atoms with Crippen LogP contribution in [0.3, 0.4) is 0 Å². The molecule has 3 N–H and O–H groups in total. The zero-order chi connectivity index (χ0) is 20.4. The van der Waals surface area contributed by atoms with E-state index in [1.807, 2.05) is 12.1 Å². The van der Waals surface area contributed by atoms with E-state index in [0.29, 0.717) is 36.9 Å². The number of aliphatic imine (C=N–C) groups is 1. The summed E-state index contributed by atoms with van der Waals surface area (Å²) in [4.78, 5) is 4.29. The van der Waals surface area contributed by atoms with Crippen LogP contribution in [0, 0.1) is 5.41 Å². The van der Waals surface area contributed by atoms with Crippen molar-refractivity contribution in [3.63, 3.8) is 0 Å². The second-order valence-corrected chi connectivity index (χ2v) is 6.87. The van der Waals surface area contributed by atoms with Crippen molar-refractivity contribution >= 4 is 5.96 Å². The van der Waals surface area contributed by atoms with E-state index in [0.717, 1.165) is 37.4 Å². The van der Waals surface area contributed by atoms with Crippen molar-refractivity contribution < 1.29 is 24.1 Å². The van der Waals surface area contributed by atoms with Gasteiger partial charge in [-0.1, -0.05) is 6.07 Å². The molecular formula is C20H33N3O5. The third-order valence-corrected chi connectivity index (χ3v) is 5.15. The van der Waals surface area contributed by atoms with Crippen LogP contribution < -0.4 is 24.8 Å². The molecule has 1 aromatic rings. The van der Waals surface area contributed by atoms with Crippen molar-refractivity contribution in [3.05, 3.63) is 17.7 Å². The molecule has 0 radical (unpaired) electrons. The van der Waals surface area contributed by atoms with Gasteiger partial charge in [0.25, 0.3) is 0 Å². The van der Waals surface area contributed by atoms with Gasteiger partial charge >= 0.3 is 0 Å². The molecule has 0 bridgehead atoms. The molecule has 1 heterocycles. The van der Waals surface area contributed by atoms with Gasteiger partial charge in [0, 0.05) is 44.3 Å². The molecule has 28 heavy (non-hydrogen) atoms. The van der Waals surface area contributed by atoms with Crippen LogP contribution in [0.2, 0.25) is 0 Å². The Kier molecular flexibility index (Phi) is 8.66. The molecule has 1 unspecified atom stereocenters. The summed E-state index contributed by atoms with van der Waals surface area (Å²) in [7, 11) is 6.57. The van der Waals surface area contributed by atoms with E-state index in [9.17, 15) is 5.11 Å². The Labute approximate surface area is 167 Å². The van der Waals surface area contributed by atoms with Gasteiger partial charge in [0.15, 0.2) is 17.5 Å². The molecule has 1 aliphatic rings. The Morgan fingerprint density at radius 1 is 1.18 bits per heavy atom. The number of nitrogens with zero attached hydrogens (tertiary/aromatic N) is 1. The third kappa shape index (κ3) is 5.42. The summed E-state index contributed by atoms with van der Waals surface area (Å²) in [5.74, 6) is 2.64. The zero-order valence-corrected chi connectivity index (χ0v) is 17.3. The number of ether oxygens (including phenoxy) is 4. The van der Waals surface area contributed by atoms with E-state index in [2.05, 4.69) is 15.6 Å². The highest BCUT2D eigenvalue weighted by Gasteiger charge is 2.34. The largest absolute Gasteiger partial charge is 0.493 e. The number of benzene rings is 1. The molecule has 0 spiro atoms. The number of hydrogen-bond acceptors (Lipinski definition) is 6. The van der Waals surface area contributed by atoms with Crippen LogP contribution in [0.5, 0.6) is 17.2 Å². The van der Waals surface area contributed by atoms with Crippen molar-refractivity contribution in [1.82, 2.24) is 10.6 Å². The number of methoxy groups -OCH3 is 3. The van der Waals surface area contributed by atoms with E-state index in [1.54, 1.807) is 28.4 Å². The number of rotatable bonds is 10. The fourth-order valence-corrected chi connectivity index (χ4v) is 3.48. The second kappa shape index (κ2) is 11.0. The average molecular weight is 396 g/mol. The van der Waals surface area contributed by atoms with Crippen molar-refractivity contribution in [2.45, 2.75) is 19.3 Å². The Bertz CT molecular complexity index is 645. The Balaban J connectivity index is 1.92. The van der Waals surface area contributed by atoms with Crippen LogP contribution in [0.25, 0.3) is 0 Å². The maximum absolute atomic E-state index is 9.35. The SMILES string of the molecule is CN=C(NCCc1ccc(OC)c(OC)c1OC)NCC1(CCO)CCOC1. The monoisotopic (exact) mass is 395 g/mol. The molecule has 1 atom stereocenters. The van der Waals surface area contributed by atoms with Crippen molar-refractivity contribution in [2.24, 2.45) is 10.4 Å². The molecular weight excluding hydrogens is 362 g/mol. The molecule has 8 nitrogen and oxygen atoms in total. The lowest BCUT2D eigenvalue weighted by molar-refractivity contribution is 0.127. The first-order valence-electron chi connectivity index (χ1n) is 9.54. The molecule has 1 aromatic carbocycles. The van der Waals surface area contributed by atoms with E-state index < -0.39 is 0 Å². The number of aliphatic hydroxyl groups is 1. The molecule has 1 fully saturated rings. The Hall–Kier alpha value is -2.19. The highest BCUT2D eigenvalue weighted by atomic mass is 16.5. The van der Waals surface area contributed by atoms with Crippen LogP contribution in [0.15, 0.2) is 17.1 Å². The lowest BCUT2D eigenvalue weighted by Crippen LogP contribution is -2.45. The van der Waals surface area contributed by atoms with Gasteiger partial charge in [-0.3, -0.25) is 4.99 Å². The molecule has 0 amide bonds. The summed E-state index contributed by atoms with van der Waals surface area (Å²) >= 11 is 0. The Morgan fingerprint density at radius 2 is 1.96 bits per heavy atom. The maximum atomic E-state index is 9.35. The third-order valence-electron chi connectivity index (χ3n) is 5.15. The van der Waals surface area contributed by atoms with Crippen molar-refractivity contribution in [2.75, 3.05) is 61.3 Å². The topological polar surface area (TPSA) is 93.6 Å². The molecule has 158 valence electrons. The predicted octanol–water partition coefficient (Wildman–Crippen LogP) is 1.21. The number of aliphatic hydroxyl groups excluding tert-OH is 1. The first-order chi connectivity index (χ1) is 13.6. The van der Waals surface area contributed by atoms with Gasteiger partial charge < -0.3 is 34.7 Å². The van der Waals surface area contributed by atoms with Crippen molar-refractivity contribution in [1.29, 1.82) is 0 Å². The molecule has 8 heteroatoms. The minimum Gasteiger partial charge on any atom is -0.493 e. The van der Waals surface area contributed by atoms with Gasteiger partial charge in [0.05, 0.1) is 27.9 Å². The number of nitrogens with one attached hydrogen (secondary N) is 2. The summed E-state index contributed by atoms with van der Waals surface area (Å²) in [6, 6.07) is 3.85. The first kappa shape index (κ1) is 22.1. The zero-order valence-electron chi connectivity index (χ0n) is 17.3. The summed E-state index contributed by atoms with van der Waals surface area (Å²) in [5.41, 5.74) is 0.989. The summed E-state index contributed by atoms with van der Waals surface area (Å²) in [6.45, 7) is 2.96. The normalized spacial score (nSPS) is 19.4. The maximum Gasteiger partial charge on any atom is 0.203 e. The molecule has 1 saturated heterocycles. The average Bonchev–Trinajstić information content (AvgIpc) is 3.18. The van der Waals surface area contributed by atoms with Gasteiger partial charge in [-0.05, 0) is 25.3 Å². The van der Waals surface area contributed by atoms with Crippen LogP contribution in [0.1, 0.15) is 18.4 Å². The lowest BCUT2D eigenvalue weighted by Gasteiger charge is -2.27. The molecule has 2 rings (SSSR count). The van der Waals surface area contributed by atoms with Gasteiger partial charge in [0.1, 0.15) is 0 Å². The lowest BCUT2D eigenvalue weighted by atomic mass is 9.84. The van der Waals surface area contributed by atoms with Gasteiger partial charge in [-0.15, -0.1) is 0 Å². The van der Waals surface area contributed by atoms with E-state index in [-0.39, 0.29) is 12.0 Å². The molecule has 0 aromatic heterocycles. The van der Waals surface area contributed by atoms with E-state index in [1.165, 1.54) is 0 Å². The quantitative estimate of drug-likeness (QED) is 0.405. The summed E-state index contributed by atoms with van der Waals surface area (Å²) in [6.07, 6.45) is 2.40. The highest BCUT2D eigenvalue weighted by molar-refractivity contribution is 5.79. The van der Waals surface area contributed by atoms with E-state index in [4.69, 9.17) is 18.9 Å². The van der Waals surface area contributed by atoms with Crippen LogP contribution in [-0.4, -0.2) is 72.4 Å². The number of hydrogen-bond donors (Lipinski definition) is 3. The molecule has 1 aliphatic heterocycles. The summed E-state index contributed by atoms with van der Waals surface area (Å²) in [5, 5.41) is 16.0. The van der Waals surface area contributed by atoms with Crippen LogP contribution in [-0.2, 0) is 11.2 Å². The smallest absolute Gasteiger partial charge is 0.203 e. The number of guanidine groups is 1. The standard InChI is InChI=1S/C20H33N3O5/c1-21-19(23-13-20(8-11-24)9-12-28-14-20)22-10-7-15-5-6-16(25-2)18(27-4)17(15)26-3/h5-6,24H,7-14H2,1-4H3,(H2,21,22,23). The first-order valence-corrected chi connectivity index (χ1v) is 9.54.